The third kappa shape index (κ3) is 3.97. The lowest BCUT2D eigenvalue weighted by atomic mass is 10.3. The predicted octanol–water partition coefficient (Wildman–Crippen LogP) is 3.69. The third-order valence-corrected chi connectivity index (χ3v) is 5.34. The first kappa shape index (κ1) is 15.3. The SMILES string of the molecule is CSc1ccccc1NC(=O)C(C)Sc1nnc(C)s1. The van der Waals surface area contributed by atoms with Gasteiger partial charge in [-0.15, -0.1) is 22.0 Å². The molecule has 0 radical (unpaired) electrons. The van der Waals surface area contributed by atoms with Gasteiger partial charge in [0.15, 0.2) is 4.34 Å². The van der Waals surface area contributed by atoms with Gasteiger partial charge in [-0.2, -0.15) is 0 Å². The van der Waals surface area contributed by atoms with Gasteiger partial charge in [0.05, 0.1) is 10.9 Å². The van der Waals surface area contributed by atoms with Crippen molar-refractivity contribution in [3.05, 3.63) is 29.3 Å². The maximum atomic E-state index is 12.2. The van der Waals surface area contributed by atoms with E-state index < -0.39 is 0 Å². The molecule has 0 saturated carbocycles. The molecule has 1 atom stereocenters. The summed E-state index contributed by atoms with van der Waals surface area (Å²) >= 11 is 4.55. The summed E-state index contributed by atoms with van der Waals surface area (Å²) in [5, 5.41) is 11.6. The summed E-state index contributed by atoms with van der Waals surface area (Å²) in [6.07, 6.45) is 1.99. The first-order valence-electron chi connectivity index (χ1n) is 6.01. The molecule has 106 valence electrons. The van der Waals surface area contributed by atoms with E-state index in [2.05, 4.69) is 15.5 Å². The van der Waals surface area contributed by atoms with Gasteiger partial charge in [0.1, 0.15) is 5.01 Å². The van der Waals surface area contributed by atoms with Crippen molar-refractivity contribution in [2.75, 3.05) is 11.6 Å². The highest BCUT2D eigenvalue weighted by atomic mass is 32.2. The Morgan fingerprint density at radius 3 is 2.75 bits per heavy atom. The Balaban J connectivity index is 2.00. The van der Waals surface area contributed by atoms with Crippen molar-refractivity contribution in [2.24, 2.45) is 0 Å². The molecule has 1 heterocycles. The van der Waals surface area contributed by atoms with Gasteiger partial charge < -0.3 is 5.32 Å². The molecule has 0 fully saturated rings. The average Bonchev–Trinajstić information content (AvgIpc) is 2.84. The molecule has 0 spiro atoms. The van der Waals surface area contributed by atoms with E-state index in [-0.39, 0.29) is 11.2 Å². The molecule has 1 N–H and O–H groups in total. The fourth-order valence-electron chi connectivity index (χ4n) is 1.51. The minimum atomic E-state index is -0.211. The summed E-state index contributed by atoms with van der Waals surface area (Å²) in [6, 6.07) is 7.79. The topological polar surface area (TPSA) is 54.9 Å². The first-order chi connectivity index (χ1) is 9.60. The van der Waals surface area contributed by atoms with Crippen LogP contribution in [0.3, 0.4) is 0 Å². The summed E-state index contributed by atoms with van der Waals surface area (Å²) in [5.41, 5.74) is 0.853. The number of rotatable bonds is 5. The lowest BCUT2D eigenvalue weighted by Crippen LogP contribution is -2.22. The third-order valence-electron chi connectivity index (χ3n) is 2.52. The molecule has 1 unspecified atom stereocenters. The van der Waals surface area contributed by atoms with Crippen molar-refractivity contribution in [1.82, 2.24) is 10.2 Å². The van der Waals surface area contributed by atoms with E-state index in [0.717, 1.165) is 19.9 Å². The lowest BCUT2D eigenvalue weighted by molar-refractivity contribution is -0.115. The van der Waals surface area contributed by atoms with Crippen molar-refractivity contribution in [3.63, 3.8) is 0 Å². The number of carbonyl (C=O) groups is 1. The Labute approximate surface area is 130 Å². The van der Waals surface area contributed by atoms with Gasteiger partial charge >= 0.3 is 0 Å². The van der Waals surface area contributed by atoms with Crippen molar-refractivity contribution in [3.8, 4) is 0 Å². The number of nitrogens with zero attached hydrogens (tertiary/aromatic N) is 2. The van der Waals surface area contributed by atoms with Crippen LogP contribution in [-0.2, 0) is 4.79 Å². The lowest BCUT2D eigenvalue weighted by Gasteiger charge is -2.12. The van der Waals surface area contributed by atoms with E-state index in [9.17, 15) is 4.79 Å². The summed E-state index contributed by atoms with van der Waals surface area (Å²) in [5.74, 6) is -0.0237. The van der Waals surface area contributed by atoms with Crippen molar-refractivity contribution < 1.29 is 4.79 Å². The minimum absolute atomic E-state index is 0.0237. The van der Waals surface area contributed by atoms with E-state index >= 15 is 0 Å². The molecule has 1 aromatic heterocycles. The van der Waals surface area contributed by atoms with Crippen LogP contribution in [0.1, 0.15) is 11.9 Å². The van der Waals surface area contributed by atoms with Crippen LogP contribution >= 0.6 is 34.9 Å². The zero-order valence-electron chi connectivity index (χ0n) is 11.4. The molecule has 0 bridgehead atoms. The first-order valence-corrected chi connectivity index (χ1v) is 8.93. The highest BCUT2D eigenvalue weighted by Crippen LogP contribution is 2.29. The van der Waals surface area contributed by atoms with Crippen LogP contribution in [0, 0.1) is 6.92 Å². The van der Waals surface area contributed by atoms with Gasteiger partial charge in [0.2, 0.25) is 5.91 Å². The summed E-state index contributed by atoms with van der Waals surface area (Å²) in [6.45, 7) is 3.78. The van der Waals surface area contributed by atoms with Crippen molar-refractivity contribution >= 4 is 46.5 Å². The number of amides is 1. The smallest absolute Gasteiger partial charge is 0.237 e. The number of aromatic nitrogens is 2. The van der Waals surface area contributed by atoms with Gasteiger partial charge in [0.25, 0.3) is 0 Å². The van der Waals surface area contributed by atoms with Gasteiger partial charge in [0, 0.05) is 4.90 Å². The van der Waals surface area contributed by atoms with Crippen LogP contribution in [0.15, 0.2) is 33.5 Å². The summed E-state index contributed by atoms with van der Waals surface area (Å²) in [4.78, 5) is 13.3. The maximum absolute atomic E-state index is 12.2. The Morgan fingerprint density at radius 2 is 2.10 bits per heavy atom. The number of aryl methyl sites for hydroxylation is 1. The number of para-hydroxylation sites is 1. The van der Waals surface area contributed by atoms with Crippen LogP contribution in [0.4, 0.5) is 5.69 Å². The number of hydrogen-bond acceptors (Lipinski definition) is 6. The molecule has 2 rings (SSSR count). The molecule has 0 aliphatic heterocycles. The second kappa shape index (κ2) is 7.10. The molecule has 2 aromatic rings. The number of anilines is 1. The largest absolute Gasteiger partial charge is 0.324 e. The highest BCUT2D eigenvalue weighted by molar-refractivity contribution is 8.02. The molecular formula is C13H15N3OS3. The van der Waals surface area contributed by atoms with E-state index in [1.807, 2.05) is 44.4 Å². The fraction of sp³-hybridized carbons (Fsp3) is 0.308. The zero-order chi connectivity index (χ0) is 14.5. The maximum Gasteiger partial charge on any atom is 0.237 e. The van der Waals surface area contributed by atoms with E-state index in [1.165, 1.54) is 23.1 Å². The number of hydrogen-bond donors (Lipinski definition) is 1. The monoisotopic (exact) mass is 325 g/mol. The Kier molecular flexibility index (Phi) is 5.45. The number of thioether (sulfide) groups is 2. The Hall–Kier alpha value is -1.05. The molecule has 20 heavy (non-hydrogen) atoms. The number of carbonyl (C=O) groups excluding carboxylic acids is 1. The molecule has 1 amide bonds. The van der Waals surface area contributed by atoms with Crippen LogP contribution in [0.25, 0.3) is 0 Å². The van der Waals surface area contributed by atoms with Crippen LogP contribution in [0.2, 0.25) is 0 Å². The van der Waals surface area contributed by atoms with Crippen LogP contribution in [0.5, 0.6) is 0 Å². The Morgan fingerprint density at radius 1 is 1.35 bits per heavy atom. The molecule has 0 saturated heterocycles. The van der Waals surface area contributed by atoms with Gasteiger partial charge in [-0.3, -0.25) is 4.79 Å². The summed E-state index contributed by atoms with van der Waals surface area (Å²) in [7, 11) is 0. The minimum Gasteiger partial charge on any atom is -0.324 e. The average molecular weight is 325 g/mol. The van der Waals surface area contributed by atoms with Crippen molar-refractivity contribution in [2.45, 2.75) is 28.3 Å². The van der Waals surface area contributed by atoms with Gasteiger partial charge in [-0.1, -0.05) is 35.2 Å². The molecular weight excluding hydrogens is 310 g/mol. The normalized spacial score (nSPS) is 12.2. The number of benzene rings is 1. The van der Waals surface area contributed by atoms with Gasteiger partial charge in [-0.05, 0) is 32.2 Å². The van der Waals surface area contributed by atoms with Crippen LogP contribution in [-0.4, -0.2) is 27.6 Å². The second-order valence-corrected chi connectivity index (χ2v) is 7.65. The van der Waals surface area contributed by atoms with Crippen molar-refractivity contribution in [1.29, 1.82) is 0 Å². The van der Waals surface area contributed by atoms with E-state index in [1.54, 1.807) is 11.8 Å². The molecule has 0 aliphatic rings. The highest BCUT2D eigenvalue weighted by Gasteiger charge is 2.17. The van der Waals surface area contributed by atoms with E-state index in [4.69, 9.17) is 0 Å². The Bertz CT molecular complexity index is 600. The molecule has 4 nitrogen and oxygen atoms in total. The number of nitrogens with one attached hydrogen (secondary N) is 1. The molecule has 0 aliphatic carbocycles. The molecule has 1 aromatic carbocycles. The standard InChI is InChI=1S/C13H15N3OS3/c1-8(19-13-16-15-9(2)20-13)12(17)14-10-6-4-5-7-11(10)18-3/h4-8H,1-3H3,(H,14,17). The summed E-state index contributed by atoms with van der Waals surface area (Å²) < 4.78 is 0.823. The quantitative estimate of drug-likeness (QED) is 0.850. The second-order valence-electron chi connectivity index (χ2n) is 4.04. The fourth-order valence-corrected chi connectivity index (χ4v) is 4.03. The van der Waals surface area contributed by atoms with E-state index in [0.29, 0.717) is 0 Å². The van der Waals surface area contributed by atoms with Crippen LogP contribution < -0.4 is 5.32 Å². The molecule has 7 heteroatoms. The predicted molar refractivity (Wildman–Crippen MR) is 86.8 cm³/mol. The van der Waals surface area contributed by atoms with Gasteiger partial charge in [-0.25, -0.2) is 0 Å². The zero-order valence-corrected chi connectivity index (χ0v) is 13.9.